The van der Waals surface area contributed by atoms with Crippen molar-refractivity contribution in [2.24, 2.45) is 11.5 Å². The molecular weight excluding hydrogens is 218 g/mol. The van der Waals surface area contributed by atoms with Crippen molar-refractivity contribution >= 4 is 5.91 Å². The fourth-order valence-corrected chi connectivity index (χ4v) is 2.05. The standard InChI is InChI=1S/C12H17N3O2/c1-6-3-7(2)15-12(10(6)11(14)16)17-9-4-8(13)5-9/h3,8-9H,4-5,13H2,1-2H3,(H2,14,16). The molecule has 0 saturated heterocycles. The van der Waals surface area contributed by atoms with E-state index in [1.807, 2.05) is 19.9 Å². The Balaban J connectivity index is 2.27. The predicted octanol–water partition coefficient (Wildman–Crippen LogP) is 0.666. The molecule has 2 rings (SSSR count). The molecule has 1 saturated carbocycles. The first-order valence-corrected chi connectivity index (χ1v) is 5.67. The van der Waals surface area contributed by atoms with E-state index in [4.69, 9.17) is 16.2 Å². The zero-order chi connectivity index (χ0) is 12.6. The average Bonchev–Trinajstić information content (AvgIpc) is 2.13. The lowest BCUT2D eigenvalue weighted by Crippen LogP contribution is -2.43. The number of primary amides is 1. The van der Waals surface area contributed by atoms with Gasteiger partial charge in [0.15, 0.2) is 0 Å². The van der Waals surface area contributed by atoms with Crippen molar-refractivity contribution in [3.8, 4) is 5.88 Å². The molecule has 0 spiro atoms. The fraction of sp³-hybridized carbons (Fsp3) is 0.500. The van der Waals surface area contributed by atoms with E-state index < -0.39 is 5.91 Å². The largest absolute Gasteiger partial charge is 0.474 e. The van der Waals surface area contributed by atoms with Crippen LogP contribution in [0.15, 0.2) is 6.07 Å². The van der Waals surface area contributed by atoms with Gasteiger partial charge in [-0.15, -0.1) is 0 Å². The molecule has 5 heteroatoms. The summed E-state index contributed by atoms with van der Waals surface area (Å²) in [6, 6.07) is 2.02. The summed E-state index contributed by atoms with van der Waals surface area (Å²) in [4.78, 5) is 15.6. The van der Waals surface area contributed by atoms with Gasteiger partial charge in [-0.05, 0) is 38.3 Å². The van der Waals surface area contributed by atoms with E-state index in [9.17, 15) is 4.79 Å². The number of carbonyl (C=O) groups excluding carboxylic acids is 1. The van der Waals surface area contributed by atoms with Gasteiger partial charge in [-0.3, -0.25) is 4.79 Å². The average molecular weight is 235 g/mol. The molecule has 1 fully saturated rings. The van der Waals surface area contributed by atoms with E-state index in [0.29, 0.717) is 11.4 Å². The topological polar surface area (TPSA) is 91.2 Å². The summed E-state index contributed by atoms with van der Waals surface area (Å²) in [5.41, 5.74) is 13.0. The lowest BCUT2D eigenvalue weighted by molar-refractivity contribution is 0.0894. The van der Waals surface area contributed by atoms with Crippen molar-refractivity contribution in [2.75, 3.05) is 0 Å². The van der Waals surface area contributed by atoms with E-state index in [0.717, 1.165) is 24.1 Å². The lowest BCUT2D eigenvalue weighted by atomic mass is 9.90. The van der Waals surface area contributed by atoms with Gasteiger partial charge >= 0.3 is 0 Å². The van der Waals surface area contributed by atoms with Crippen LogP contribution in [0.25, 0.3) is 0 Å². The van der Waals surface area contributed by atoms with Crippen LogP contribution in [0.3, 0.4) is 0 Å². The number of aryl methyl sites for hydroxylation is 2. The summed E-state index contributed by atoms with van der Waals surface area (Å²) >= 11 is 0. The zero-order valence-corrected chi connectivity index (χ0v) is 10.1. The highest BCUT2D eigenvalue weighted by Gasteiger charge is 2.29. The lowest BCUT2D eigenvalue weighted by Gasteiger charge is -2.32. The third-order valence-corrected chi connectivity index (χ3v) is 2.97. The van der Waals surface area contributed by atoms with Crippen molar-refractivity contribution in [1.82, 2.24) is 4.98 Å². The molecule has 17 heavy (non-hydrogen) atoms. The first kappa shape index (κ1) is 11.9. The van der Waals surface area contributed by atoms with Gasteiger partial charge in [0.1, 0.15) is 11.7 Å². The quantitative estimate of drug-likeness (QED) is 0.805. The normalized spacial score (nSPS) is 23.0. The number of pyridine rings is 1. The molecular formula is C12H17N3O2. The van der Waals surface area contributed by atoms with E-state index in [-0.39, 0.29) is 12.1 Å². The van der Waals surface area contributed by atoms with Gasteiger partial charge < -0.3 is 16.2 Å². The minimum atomic E-state index is -0.506. The highest BCUT2D eigenvalue weighted by Crippen LogP contribution is 2.27. The summed E-state index contributed by atoms with van der Waals surface area (Å²) in [7, 11) is 0. The van der Waals surface area contributed by atoms with Gasteiger partial charge in [-0.2, -0.15) is 0 Å². The maximum absolute atomic E-state index is 11.4. The minimum Gasteiger partial charge on any atom is -0.474 e. The van der Waals surface area contributed by atoms with E-state index in [2.05, 4.69) is 4.98 Å². The van der Waals surface area contributed by atoms with Gasteiger partial charge in [0.2, 0.25) is 5.88 Å². The Morgan fingerprint density at radius 1 is 1.47 bits per heavy atom. The van der Waals surface area contributed by atoms with Gasteiger partial charge in [-0.1, -0.05) is 0 Å². The van der Waals surface area contributed by atoms with Gasteiger partial charge in [0.25, 0.3) is 5.91 Å². The molecule has 92 valence electrons. The van der Waals surface area contributed by atoms with Gasteiger partial charge in [-0.25, -0.2) is 4.98 Å². The van der Waals surface area contributed by atoms with Crippen LogP contribution in [0, 0.1) is 13.8 Å². The molecule has 5 nitrogen and oxygen atoms in total. The smallest absolute Gasteiger partial charge is 0.254 e. The Labute approximate surface area is 100 Å². The Kier molecular flexibility index (Phi) is 3.02. The summed E-state index contributed by atoms with van der Waals surface area (Å²) in [6.07, 6.45) is 1.65. The Morgan fingerprint density at radius 2 is 2.12 bits per heavy atom. The van der Waals surface area contributed by atoms with Crippen LogP contribution in [-0.4, -0.2) is 23.0 Å². The summed E-state index contributed by atoms with van der Waals surface area (Å²) in [5.74, 6) is -0.166. The van der Waals surface area contributed by atoms with E-state index >= 15 is 0 Å². The highest BCUT2D eigenvalue weighted by molar-refractivity contribution is 5.96. The monoisotopic (exact) mass is 235 g/mol. The number of hydrogen-bond donors (Lipinski definition) is 2. The first-order chi connectivity index (χ1) is 7.97. The molecule has 1 aromatic rings. The maximum Gasteiger partial charge on any atom is 0.254 e. The predicted molar refractivity (Wildman–Crippen MR) is 63.9 cm³/mol. The van der Waals surface area contributed by atoms with Gasteiger partial charge in [0, 0.05) is 11.7 Å². The number of carbonyl (C=O) groups is 1. The van der Waals surface area contributed by atoms with Crippen LogP contribution in [0.4, 0.5) is 0 Å². The summed E-state index contributed by atoms with van der Waals surface area (Å²) in [5, 5.41) is 0. The van der Waals surface area contributed by atoms with Crippen LogP contribution >= 0.6 is 0 Å². The third kappa shape index (κ3) is 2.39. The second-order valence-corrected chi connectivity index (χ2v) is 4.60. The second kappa shape index (κ2) is 4.33. The van der Waals surface area contributed by atoms with Gasteiger partial charge in [0.05, 0.1) is 0 Å². The molecule has 1 heterocycles. The highest BCUT2D eigenvalue weighted by atomic mass is 16.5. The van der Waals surface area contributed by atoms with Crippen molar-refractivity contribution in [2.45, 2.75) is 38.8 Å². The Hall–Kier alpha value is -1.62. The first-order valence-electron chi connectivity index (χ1n) is 5.67. The number of nitrogens with two attached hydrogens (primary N) is 2. The van der Waals surface area contributed by atoms with Crippen LogP contribution in [0.2, 0.25) is 0 Å². The van der Waals surface area contributed by atoms with Crippen LogP contribution in [-0.2, 0) is 0 Å². The number of ether oxygens (including phenoxy) is 1. The van der Waals surface area contributed by atoms with Crippen molar-refractivity contribution in [1.29, 1.82) is 0 Å². The molecule has 0 aliphatic heterocycles. The molecule has 0 atom stereocenters. The Morgan fingerprint density at radius 3 is 2.65 bits per heavy atom. The molecule has 1 aliphatic rings. The zero-order valence-electron chi connectivity index (χ0n) is 10.1. The Bertz CT molecular complexity index is 453. The SMILES string of the molecule is Cc1cc(C)c(C(N)=O)c(OC2CC(N)C2)n1. The molecule has 0 unspecified atom stereocenters. The number of hydrogen-bond acceptors (Lipinski definition) is 4. The molecule has 1 aliphatic carbocycles. The van der Waals surface area contributed by atoms with Crippen molar-refractivity contribution in [3.05, 3.63) is 22.9 Å². The summed E-state index contributed by atoms with van der Waals surface area (Å²) < 4.78 is 5.68. The second-order valence-electron chi connectivity index (χ2n) is 4.60. The number of nitrogens with zero attached hydrogens (tertiary/aromatic N) is 1. The minimum absolute atomic E-state index is 0.0526. The molecule has 4 N–H and O–H groups in total. The third-order valence-electron chi connectivity index (χ3n) is 2.97. The molecule has 1 amide bonds. The molecule has 1 aromatic heterocycles. The number of amides is 1. The molecule has 0 radical (unpaired) electrons. The number of rotatable bonds is 3. The van der Waals surface area contributed by atoms with Crippen LogP contribution < -0.4 is 16.2 Å². The maximum atomic E-state index is 11.4. The number of aromatic nitrogens is 1. The van der Waals surface area contributed by atoms with E-state index in [1.165, 1.54) is 0 Å². The van der Waals surface area contributed by atoms with Crippen LogP contribution in [0.1, 0.15) is 34.5 Å². The van der Waals surface area contributed by atoms with Crippen molar-refractivity contribution < 1.29 is 9.53 Å². The van der Waals surface area contributed by atoms with Crippen molar-refractivity contribution in [3.63, 3.8) is 0 Å². The fourth-order valence-electron chi connectivity index (χ4n) is 2.05. The molecule has 0 bridgehead atoms. The van der Waals surface area contributed by atoms with Crippen LogP contribution in [0.5, 0.6) is 5.88 Å². The summed E-state index contributed by atoms with van der Waals surface area (Å²) in [6.45, 7) is 3.69. The molecule has 0 aromatic carbocycles. The van der Waals surface area contributed by atoms with E-state index in [1.54, 1.807) is 0 Å².